The van der Waals surface area contributed by atoms with E-state index in [9.17, 15) is 4.39 Å². The predicted octanol–water partition coefficient (Wildman–Crippen LogP) is 3.31. The molecule has 0 fully saturated rings. The monoisotopic (exact) mass is 251 g/mol. The molecule has 17 heavy (non-hydrogen) atoms. The number of rotatable bonds is 6. The van der Waals surface area contributed by atoms with Gasteiger partial charge in [-0.05, 0) is 25.6 Å². The number of benzene rings is 1. The highest BCUT2D eigenvalue weighted by molar-refractivity contribution is 7.99. The summed E-state index contributed by atoms with van der Waals surface area (Å²) in [6.07, 6.45) is 0.811. The van der Waals surface area contributed by atoms with Gasteiger partial charge in [-0.2, -0.15) is 0 Å². The quantitative estimate of drug-likeness (QED) is 0.615. The van der Waals surface area contributed by atoms with Crippen LogP contribution in [0.4, 0.5) is 4.39 Å². The average Bonchev–Trinajstić information content (AvgIpc) is 2.34. The van der Waals surface area contributed by atoms with E-state index in [1.807, 2.05) is 19.1 Å². The second-order valence-electron chi connectivity index (χ2n) is 3.63. The van der Waals surface area contributed by atoms with Gasteiger partial charge in [0.15, 0.2) is 0 Å². The third-order valence-corrected chi connectivity index (χ3v) is 3.51. The molecule has 0 aromatic heterocycles. The number of nitrogens with one attached hydrogen (secondary N) is 1. The first-order valence-corrected chi connectivity index (χ1v) is 6.76. The van der Waals surface area contributed by atoms with E-state index < -0.39 is 0 Å². The molecule has 1 aromatic rings. The van der Waals surface area contributed by atoms with Gasteiger partial charge in [-0.3, -0.25) is 0 Å². The number of hydrogen-bond acceptors (Lipinski definition) is 2. The van der Waals surface area contributed by atoms with Gasteiger partial charge in [0.05, 0.1) is 0 Å². The van der Waals surface area contributed by atoms with Crippen LogP contribution in [0.15, 0.2) is 29.2 Å². The molecule has 0 radical (unpaired) electrons. The summed E-state index contributed by atoms with van der Waals surface area (Å²) >= 11 is 1.54. The molecule has 1 unspecified atom stereocenters. The highest BCUT2D eigenvalue weighted by Crippen LogP contribution is 2.22. The van der Waals surface area contributed by atoms with Crippen LogP contribution in [0.2, 0.25) is 0 Å². The summed E-state index contributed by atoms with van der Waals surface area (Å²) in [5.41, 5.74) is 0. The van der Waals surface area contributed by atoms with Crippen molar-refractivity contribution in [3.63, 3.8) is 0 Å². The fourth-order valence-electron chi connectivity index (χ4n) is 1.46. The topological polar surface area (TPSA) is 12.0 Å². The van der Waals surface area contributed by atoms with Crippen LogP contribution in [0.3, 0.4) is 0 Å². The van der Waals surface area contributed by atoms with Crippen LogP contribution < -0.4 is 5.32 Å². The Morgan fingerprint density at radius 2 is 2.18 bits per heavy atom. The fourth-order valence-corrected chi connectivity index (χ4v) is 2.45. The summed E-state index contributed by atoms with van der Waals surface area (Å²) in [6, 6.07) is 7.20. The SMILES string of the molecule is CC#CCC(CSc1ccccc1F)NCC. The number of halogens is 1. The summed E-state index contributed by atoms with van der Waals surface area (Å²) in [5.74, 6) is 6.65. The molecule has 0 aliphatic heterocycles. The van der Waals surface area contributed by atoms with Crippen molar-refractivity contribution in [3.05, 3.63) is 30.1 Å². The van der Waals surface area contributed by atoms with Gasteiger partial charge in [0, 0.05) is 23.1 Å². The molecule has 0 heterocycles. The zero-order chi connectivity index (χ0) is 12.5. The summed E-state index contributed by atoms with van der Waals surface area (Å²) in [7, 11) is 0. The largest absolute Gasteiger partial charge is 0.312 e. The van der Waals surface area contributed by atoms with E-state index in [4.69, 9.17) is 0 Å². The van der Waals surface area contributed by atoms with E-state index in [2.05, 4.69) is 24.1 Å². The van der Waals surface area contributed by atoms with E-state index >= 15 is 0 Å². The first-order chi connectivity index (χ1) is 8.27. The molecule has 0 aliphatic carbocycles. The molecule has 3 heteroatoms. The van der Waals surface area contributed by atoms with E-state index in [-0.39, 0.29) is 5.82 Å². The van der Waals surface area contributed by atoms with Crippen molar-refractivity contribution < 1.29 is 4.39 Å². The molecule has 1 atom stereocenters. The van der Waals surface area contributed by atoms with Crippen LogP contribution in [-0.4, -0.2) is 18.3 Å². The minimum Gasteiger partial charge on any atom is -0.312 e. The van der Waals surface area contributed by atoms with Crippen molar-refractivity contribution in [3.8, 4) is 11.8 Å². The lowest BCUT2D eigenvalue weighted by Gasteiger charge is -2.14. The van der Waals surface area contributed by atoms with Gasteiger partial charge in [0.2, 0.25) is 0 Å². The molecule has 0 saturated carbocycles. The summed E-state index contributed by atoms with van der Waals surface area (Å²) in [4.78, 5) is 0.708. The molecule has 0 bridgehead atoms. The molecule has 1 nitrogen and oxygen atoms in total. The van der Waals surface area contributed by atoms with Gasteiger partial charge < -0.3 is 5.32 Å². The molecular formula is C14H18FNS. The zero-order valence-corrected chi connectivity index (χ0v) is 11.1. The maximum absolute atomic E-state index is 13.4. The van der Waals surface area contributed by atoms with Crippen molar-refractivity contribution in [2.45, 2.75) is 31.2 Å². The molecule has 1 rings (SSSR count). The van der Waals surface area contributed by atoms with Gasteiger partial charge in [-0.1, -0.05) is 19.1 Å². The molecular weight excluding hydrogens is 233 g/mol. The summed E-state index contributed by atoms with van der Waals surface area (Å²) in [5, 5.41) is 3.36. The van der Waals surface area contributed by atoms with E-state index in [0.29, 0.717) is 10.9 Å². The third kappa shape index (κ3) is 5.25. The van der Waals surface area contributed by atoms with Crippen LogP contribution >= 0.6 is 11.8 Å². The van der Waals surface area contributed by atoms with E-state index in [0.717, 1.165) is 18.7 Å². The minimum absolute atomic E-state index is 0.144. The van der Waals surface area contributed by atoms with Gasteiger partial charge in [0.25, 0.3) is 0 Å². The Labute approximate surface area is 107 Å². The molecule has 92 valence electrons. The second kappa shape index (κ2) is 8.16. The Balaban J connectivity index is 2.50. The lowest BCUT2D eigenvalue weighted by Crippen LogP contribution is -2.30. The Bertz CT molecular complexity index is 395. The highest BCUT2D eigenvalue weighted by atomic mass is 32.2. The molecule has 0 saturated heterocycles. The first-order valence-electron chi connectivity index (χ1n) is 5.78. The molecule has 0 amide bonds. The van der Waals surface area contributed by atoms with Gasteiger partial charge in [-0.15, -0.1) is 23.6 Å². The minimum atomic E-state index is -0.144. The maximum Gasteiger partial charge on any atom is 0.136 e. The standard InChI is InChI=1S/C14H18FNS/c1-3-5-8-12(16-4-2)11-17-14-10-7-6-9-13(14)15/h6-7,9-10,12,16H,4,8,11H2,1-2H3. The van der Waals surface area contributed by atoms with Crippen molar-refractivity contribution in [1.82, 2.24) is 5.32 Å². The van der Waals surface area contributed by atoms with Crippen LogP contribution in [0.5, 0.6) is 0 Å². The Hall–Kier alpha value is -0.980. The van der Waals surface area contributed by atoms with Gasteiger partial charge >= 0.3 is 0 Å². The first kappa shape index (κ1) is 14.1. The number of hydrogen-bond donors (Lipinski definition) is 1. The molecule has 0 spiro atoms. The third-order valence-electron chi connectivity index (χ3n) is 2.29. The van der Waals surface area contributed by atoms with E-state index in [1.165, 1.54) is 6.07 Å². The summed E-state index contributed by atoms with van der Waals surface area (Å²) < 4.78 is 13.4. The van der Waals surface area contributed by atoms with Gasteiger partial charge in [0.1, 0.15) is 5.82 Å². The molecule has 1 N–H and O–H groups in total. The van der Waals surface area contributed by atoms with Crippen LogP contribution in [0, 0.1) is 17.7 Å². The fraction of sp³-hybridized carbons (Fsp3) is 0.429. The lowest BCUT2D eigenvalue weighted by molar-refractivity contribution is 0.584. The normalized spacial score (nSPS) is 11.7. The van der Waals surface area contributed by atoms with Crippen LogP contribution in [-0.2, 0) is 0 Å². The Kier molecular flexibility index (Phi) is 6.76. The maximum atomic E-state index is 13.4. The van der Waals surface area contributed by atoms with Gasteiger partial charge in [-0.25, -0.2) is 4.39 Å². The Morgan fingerprint density at radius 1 is 1.41 bits per heavy atom. The summed E-state index contributed by atoms with van der Waals surface area (Å²) in [6.45, 7) is 4.82. The Morgan fingerprint density at radius 3 is 2.82 bits per heavy atom. The predicted molar refractivity (Wildman–Crippen MR) is 72.7 cm³/mol. The second-order valence-corrected chi connectivity index (χ2v) is 4.69. The van der Waals surface area contributed by atoms with E-state index in [1.54, 1.807) is 17.8 Å². The van der Waals surface area contributed by atoms with Crippen LogP contribution in [0.1, 0.15) is 20.3 Å². The highest BCUT2D eigenvalue weighted by Gasteiger charge is 2.08. The van der Waals surface area contributed by atoms with Crippen LogP contribution in [0.25, 0.3) is 0 Å². The molecule has 0 aliphatic rings. The van der Waals surface area contributed by atoms with Crippen molar-refractivity contribution >= 4 is 11.8 Å². The van der Waals surface area contributed by atoms with Crippen molar-refractivity contribution in [2.24, 2.45) is 0 Å². The lowest BCUT2D eigenvalue weighted by atomic mass is 10.2. The average molecular weight is 251 g/mol. The van der Waals surface area contributed by atoms with Crippen molar-refractivity contribution in [1.29, 1.82) is 0 Å². The van der Waals surface area contributed by atoms with Crippen molar-refractivity contribution in [2.75, 3.05) is 12.3 Å². The zero-order valence-electron chi connectivity index (χ0n) is 10.3. The molecule has 1 aromatic carbocycles. The smallest absolute Gasteiger partial charge is 0.136 e. The number of thioether (sulfide) groups is 1.